The van der Waals surface area contributed by atoms with Crippen LogP contribution in [0.2, 0.25) is 5.02 Å². The molecule has 0 fully saturated rings. The van der Waals surface area contributed by atoms with Gasteiger partial charge in [0.05, 0.1) is 11.9 Å². The van der Waals surface area contributed by atoms with Crippen molar-refractivity contribution in [1.29, 1.82) is 0 Å². The third-order valence-electron chi connectivity index (χ3n) is 3.69. The molecule has 2 aromatic carbocycles. The summed E-state index contributed by atoms with van der Waals surface area (Å²) in [5.74, 6) is 0.229. The third-order valence-corrected chi connectivity index (χ3v) is 3.94. The van der Waals surface area contributed by atoms with Crippen LogP contribution >= 0.6 is 11.6 Å². The van der Waals surface area contributed by atoms with Crippen LogP contribution in [0.3, 0.4) is 0 Å². The predicted molar refractivity (Wildman–Crippen MR) is 103 cm³/mol. The molecule has 1 N–H and O–H groups in total. The Labute approximate surface area is 156 Å². The number of aryl methyl sites for hydroxylation is 1. The molecule has 1 heterocycles. The third kappa shape index (κ3) is 4.52. The van der Waals surface area contributed by atoms with E-state index in [1.165, 1.54) is 0 Å². The van der Waals surface area contributed by atoms with Gasteiger partial charge in [-0.15, -0.1) is 0 Å². The van der Waals surface area contributed by atoms with Crippen molar-refractivity contribution in [3.05, 3.63) is 83.1 Å². The topological polar surface area (TPSA) is 55.6 Å². The standard InChI is InChI=1S/C20H18ClN3O2/c1-15-7-10-18(24(15)17-5-3-2-4-6-17)13-22-23-20(25)14-26-19-11-8-16(21)9-12-19/h2-13H,14H2,1H3,(H,23,25)/b22-13+. The van der Waals surface area contributed by atoms with E-state index < -0.39 is 0 Å². The molecule has 0 unspecified atom stereocenters. The van der Waals surface area contributed by atoms with Crippen molar-refractivity contribution in [3.8, 4) is 11.4 Å². The Morgan fingerprint density at radius 2 is 1.85 bits per heavy atom. The monoisotopic (exact) mass is 367 g/mol. The van der Waals surface area contributed by atoms with E-state index in [1.807, 2.05) is 49.4 Å². The minimum atomic E-state index is -0.342. The van der Waals surface area contributed by atoms with E-state index in [4.69, 9.17) is 16.3 Å². The van der Waals surface area contributed by atoms with Gasteiger partial charge in [0.1, 0.15) is 5.75 Å². The summed E-state index contributed by atoms with van der Waals surface area (Å²) in [5.41, 5.74) is 5.45. The molecular formula is C20H18ClN3O2. The van der Waals surface area contributed by atoms with Gasteiger partial charge in [0.25, 0.3) is 5.91 Å². The molecule has 6 heteroatoms. The molecule has 0 aliphatic heterocycles. The second kappa shape index (κ2) is 8.36. The normalized spacial score (nSPS) is 10.8. The van der Waals surface area contributed by atoms with E-state index in [9.17, 15) is 4.79 Å². The lowest BCUT2D eigenvalue weighted by Gasteiger charge is -2.09. The Morgan fingerprint density at radius 1 is 1.12 bits per heavy atom. The molecule has 0 atom stereocenters. The summed E-state index contributed by atoms with van der Waals surface area (Å²) in [6.45, 7) is 1.89. The maximum Gasteiger partial charge on any atom is 0.277 e. The average Bonchev–Trinajstić information content (AvgIpc) is 3.02. The molecule has 0 bridgehead atoms. The molecule has 26 heavy (non-hydrogen) atoms. The smallest absolute Gasteiger partial charge is 0.277 e. The molecule has 0 saturated carbocycles. The summed E-state index contributed by atoms with van der Waals surface area (Å²) in [5, 5.41) is 4.63. The molecule has 1 amide bonds. The Morgan fingerprint density at radius 3 is 2.58 bits per heavy atom. The number of amides is 1. The molecule has 3 rings (SSSR count). The van der Waals surface area contributed by atoms with Crippen molar-refractivity contribution in [1.82, 2.24) is 9.99 Å². The van der Waals surface area contributed by atoms with Gasteiger partial charge in [-0.2, -0.15) is 5.10 Å². The van der Waals surface area contributed by atoms with Crippen LogP contribution < -0.4 is 10.2 Å². The van der Waals surface area contributed by atoms with Crippen molar-refractivity contribution >= 4 is 23.7 Å². The van der Waals surface area contributed by atoms with Gasteiger partial charge in [-0.25, -0.2) is 5.43 Å². The Balaban J connectivity index is 1.59. The number of carbonyl (C=O) groups is 1. The van der Waals surface area contributed by atoms with Gasteiger partial charge in [0.15, 0.2) is 6.61 Å². The van der Waals surface area contributed by atoms with Crippen LogP contribution in [0.5, 0.6) is 5.75 Å². The summed E-state index contributed by atoms with van der Waals surface area (Å²) in [7, 11) is 0. The minimum Gasteiger partial charge on any atom is -0.484 e. The zero-order valence-corrected chi connectivity index (χ0v) is 15.0. The van der Waals surface area contributed by atoms with Crippen LogP contribution in [-0.4, -0.2) is 23.3 Å². The fourth-order valence-electron chi connectivity index (χ4n) is 2.47. The lowest BCUT2D eigenvalue weighted by Crippen LogP contribution is -2.24. The van der Waals surface area contributed by atoms with E-state index in [0.717, 1.165) is 17.1 Å². The fraction of sp³-hybridized carbons (Fsp3) is 0.100. The van der Waals surface area contributed by atoms with Crippen molar-refractivity contribution in [2.45, 2.75) is 6.92 Å². The molecule has 0 aliphatic carbocycles. The van der Waals surface area contributed by atoms with Crippen LogP contribution in [0, 0.1) is 6.92 Å². The van der Waals surface area contributed by atoms with Gasteiger partial charge >= 0.3 is 0 Å². The number of nitrogens with zero attached hydrogens (tertiary/aromatic N) is 2. The quantitative estimate of drug-likeness (QED) is 0.529. The largest absolute Gasteiger partial charge is 0.484 e. The number of aromatic nitrogens is 1. The molecule has 5 nitrogen and oxygen atoms in total. The zero-order valence-electron chi connectivity index (χ0n) is 14.2. The van der Waals surface area contributed by atoms with Crippen LogP contribution in [0.4, 0.5) is 0 Å². The highest BCUT2D eigenvalue weighted by molar-refractivity contribution is 6.30. The van der Waals surface area contributed by atoms with Gasteiger partial charge in [-0.05, 0) is 55.5 Å². The van der Waals surface area contributed by atoms with Gasteiger partial charge in [-0.3, -0.25) is 4.79 Å². The molecule has 0 spiro atoms. The minimum absolute atomic E-state index is 0.127. The van der Waals surface area contributed by atoms with Gasteiger partial charge in [0, 0.05) is 16.4 Å². The number of halogens is 1. The Hall–Kier alpha value is -3.05. The summed E-state index contributed by atoms with van der Waals surface area (Å²) < 4.78 is 7.43. The zero-order chi connectivity index (χ0) is 18.4. The van der Waals surface area contributed by atoms with Crippen LogP contribution in [-0.2, 0) is 4.79 Å². The van der Waals surface area contributed by atoms with E-state index in [0.29, 0.717) is 10.8 Å². The maximum atomic E-state index is 11.9. The highest BCUT2D eigenvalue weighted by atomic mass is 35.5. The van der Waals surface area contributed by atoms with E-state index in [-0.39, 0.29) is 12.5 Å². The number of hydrazone groups is 1. The molecule has 0 aliphatic rings. The van der Waals surface area contributed by atoms with Crippen molar-refractivity contribution < 1.29 is 9.53 Å². The van der Waals surface area contributed by atoms with Crippen molar-refractivity contribution in [2.24, 2.45) is 5.10 Å². The van der Waals surface area contributed by atoms with Gasteiger partial charge in [-0.1, -0.05) is 29.8 Å². The fourth-order valence-corrected chi connectivity index (χ4v) is 2.60. The molecule has 3 aromatic rings. The Bertz CT molecular complexity index is 903. The van der Waals surface area contributed by atoms with Gasteiger partial charge < -0.3 is 9.30 Å². The second-order valence-electron chi connectivity index (χ2n) is 5.61. The molecule has 132 valence electrons. The number of carbonyl (C=O) groups excluding carboxylic acids is 1. The van der Waals surface area contributed by atoms with E-state index in [2.05, 4.69) is 15.1 Å². The lowest BCUT2D eigenvalue weighted by molar-refractivity contribution is -0.123. The first-order valence-corrected chi connectivity index (χ1v) is 8.45. The number of hydrogen-bond donors (Lipinski definition) is 1. The number of ether oxygens (including phenoxy) is 1. The summed E-state index contributed by atoms with van der Waals surface area (Å²) in [6, 6.07) is 20.7. The van der Waals surface area contributed by atoms with Crippen LogP contribution in [0.15, 0.2) is 71.8 Å². The number of rotatable bonds is 6. The molecule has 0 radical (unpaired) electrons. The predicted octanol–water partition coefficient (Wildman–Crippen LogP) is 3.97. The highest BCUT2D eigenvalue weighted by Gasteiger charge is 2.06. The van der Waals surface area contributed by atoms with Crippen molar-refractivity contribution in [2.75, 3.05) is 6.61 Å². The summed E-state index contributed by atoms with van der Waals surface area (Å²) in [6.07, 6.45) is 1.61. The SMILES string of the molecule is Cc1ccc(/C=N/NC(=O)COc2ccc(Cl)cc2)n1-c1ccccc1. The van der Waals surface area contributed by atoms with Crippen LogP contribution in [0.1, 0.15) is 11.4 Å². The second-order valence-corrected chi connectivity index (χ2v) is 6.04. The summed E-state index contributed by atoms with van der Waals surface area (Å²) in [4.78, 5) is 11.9. The summed E-state index contributed by atoms with van der Waals surface area (Å²) >= 11 is 5.80. The molecular weight excluding hydrogens is 350 g/mol. The maximum absolute atomic E-state index is 11.9. The van der Waals surface area contributed by atoms with E-state index in [1.54, 1.807) is 30.5 Å². The Kier molecular flexibility index (Phi) is 5.71. The number of benzene rings is 2. The molecule has 0 saturated heterocycles. The van der Waals surface area contributed by atoms with Gasteiger partial charge in [0.2, 0.25) is 0 Å². The first-order chi connectivity index (χ1) is 12.6. The first-order valence-electron chi connectivity index (χ1n) is 8.07. The lowest BCUT2D eigenvalue weighted by atomic mass is 10.3. The highest BCUT2D eigenvalue weighted by Crippen LogP contribution is 2.16. The first kappa shape index (κ1) is 17.8. The molecule has 1 aromatic heterocycles. The average molecular weight is 368 g/mol. The number of para-hydroxylation sites is 1. The number of nitrogens with one attached hydrogen (secondary N) is 1. The van der Waals surface area contributed by atoms with E-state index >= 15 is 0 Å². The number of hydrogen-bond acceptors (Lipinski definition) is 3. The van der Waals surface area contributed by atoms with Crippen LogP contribution in [0.25, 0.3) is 5.69 Å². The van der Waals surface area contributed by atoms with Crippen molar-refractivity contribution in [3.63, 3.8) is 0 Å².